The Morgan fingerprint density at radius 3 is 1.96 bits per heavy atom. The van der Waals surface area contributed by atoms with Crippen molar-refractivity contribution in [2.24, 2.45) is 0 Å². The first-order chi connectivity index (χ1) is 12.2. The van der Waals surface area contributed by atoms with Gasteiger partial charge in [-0.05, 0) is 0 Å². The zero-order chi connectivity index (χ0) is 18.0. The number of rotatable bonds is 12. The third kappa shape index (κ3) is 6.75. The van der Waals surface area contributed by atoms with Gasteiger partial charge in [0.1, 0.15) is 0 Å². The average Bonchev–Trinajstić information content (AvgIpc) is 3.12. The molecule has 1 aromatic rings. The fraction of sp³-hybridized carbons (Fsp3) is 0.739. The SMILES string of the molecule is CCC[CH2][Ge]([CH2]CCC)([CH2]CCC)[CH2][C@H]1C[C@H](c2ccccc2)CO1. The molecule has 1 aromatic carbocycles. The Kier molecular flexibility index (Phi) is 9.62. The summed E-state index contributed by atoms with van der Waals surface area (Å²) in [7, 11) is 0. The van der Waals surface area contributed by atoms with Gasteiger partial charge < -0.3 is 0 Å². The number of unbranched alkanes of at least 4 members (excludes halogenated alkanes) is 3. The molecule has 1 saturated heterocycles. The van der Waals surface area contributed by atoms with Crippen molar-refractivity contribution < 1.29 is 4.74 Å². The van der Waals surface area contributed by atoms with E-state index in [0.717, 1.165) is 6.61 Å². The van der Waals surface area contributed by atoms with Crippen molar-refractivity contribution >= 4 is 13.3 Å². The summed E-state index contributed by atoms with van der Waals surface area (Å²) in [5, 5.41) is 6.24. The van der Waals surface area contributed by atoms with Gasteiger partial charge in [0.2, 0.25) is 0 Å². The summed E-state index contributed by atoms with van der Waals surface area (Å²) in [4.78, 5) is 0. The molecule has 2 rings (SSSR count). The van der Waals surface area contributed by atoms with Gasteiger partial charge in [-0.2, -0.15) is 0 Å². The molecule has 0 aliphatic carbocycles. The van der Waals surface area contributed by atoms with Crippen LogP contribution in [0.2, 0.25) is 21.0 Å². The second-order valence-electron chi connectivity index (χ2n) is 8.31. The molecule has 1 heterocycles. The van der Waals surface area contributed by atoms with Crippen LogP contribution < -0.4 is 0 Å². The predicted molar refractivity (Wildman–Crippen MR) is 113 cm³/mol. The first-order valence-electron chi connectivity index (χ1n) is 10.9. The molecule has 1 aliphatic heterocycles. The number of hydrogen-bond acceptors (Lipinski definition) is 1. The molecule has 0 N–H and O–H groups in total. The second-order valence-corrected chi connectivity index (χ2v) is 18.6. The zero-order valence-corrected chi connectivity index (χ0v) is 19.0. The Hall–Kier alpha value is -0.277. The Balaban J connectivity index is 2.01. The maximum absolute atomic E-state index is 6.36. The van der Waals surface area contributed by atoms with E-state index in [1.54, 1.807) is 15.8 Å². The Morgan fingerprint density at radius 2 is 1.44 bits per heavy atom. The fourth-order valence-electron chi connectivity index (χ4n) is 4.62. The van der Waals surface area contributed by atoms with Gasteiger partial charge in [0, 0.05) is 0 Å². The van der Waals surface area contributed by atoms with E-state index in [1.807, 2.05) is 0 Å². The molecule has 2 heteroatoms. The Labute approximate surface area is 159 Å². The van der Waals surface area contributed by atoms with Gasteiger partial charge in [-0.25, -0.2) is 0 Å². The molecular formula is C23H40GeO. The summed E-state index contributed by atoms with van der Waals surface area (Å²) in [6, 6.07) is 11.0. The summed E-state index contributed by atoms with van der Waals surface area (Å²) in [6.07, 6.45) is 10.3. The maximum atomic E-state index is 6.36. The number of ether oxygens (including phenoxy) is 1. The van der Waals surface area contributed by atoms with Crippen LogP contribution in [0.5, 0.6) is 0 Å². The van der Waals surface area contributed by atoms with Crippen LogP contribution in [-0.4, -0.2) is 26.0 Å². The van der Waals surface area contributed by atoms with Crippen molar-refractivity contribution in [3.05, 3.63) is 35.9 Å². The van der Waals surface area contributed by atoms with Crippen LogP contribution in [-0.2, 0) is 4.74 Å². The monoisotopic (exact) mass is 406 g/mol. The van der Waals surface area contributed by atoms with Crippen molar-refractivity contribution in [2.45, 2.75) is 98.8 Å². The van der Waals surface area contributed by atoms with Crippen LogP contribution in [0, 0.1) is 0 Å². The van der Waals surface area contributed by atoms with Crippen LogP contribution in [0.4, 0.5) is 0 Å². The molecule has 25 heavy (non-hydrogen) atoms. The van der Waals surface area contributed by atoms with Crippen molar-refractivity contribution in [3.63, 3.8) is 0 Å². The average molecular weight is 405 g/mol. The van der Waals surface area contributed by atoms with Crippen molar-refractivity contribution in [1.82, 2.24) is 0 Å². The first kappa shape index (κ1) is 21.0. The molecule has 0 amide bonds. The first-order valence-corrected chi connectivity index (χ1v) is 16.8. The van der Waals surface area contributed by atoms with E-state index in [4.69, 9.17) is 4.74 Å². The van der Waals surface area contributed by atoms with Crippen molar-refractivity contribution in [1.29, 1.82) is 0 Å². The van der Waals surface area contributed by atoms with Gasteiger partial charge in [-0.15, -0.1) is 0 Å². The molecule has 0 bridgehead atoms. The van der Waals surface area contributed by atoms with E-state index in [2.05, 4.69) is 51.1 Å². The standard InChI is InChI=1S/C23H40GeO/c1-4-7-15-24(16-8-5-2,17-9-6-3)19-23-18-22(20-25-23)21-13-11-10-12-14-21/h10-14,22-23H,4-9,15-20H2,1-3H3/t22-,23+/m0/s1. The van der Waals surface area contributed by atoms with Gasteiger partial charge in [0.25, 0.3) is 0 Å². The fourth-order valence-corrected chi connectivity index (χ4v) is 17.1. The minimum atomic E-state index is -1.78. The molecule has 142 valence electrons. The molecule has 1 aliphatic rings. The molecule has 0 radical (unpaired) electrons. The Bertz CT molecular complexity index is 437. The van der Waals surface area contributed by atoms with E-state index < -0.39 is 13.3 Å². The van der Waals surface area contributed by atoms with Crippen LogP contribution >= 0.6 is 0 Å². The quantitative estimate of drug-likeness (QED) is 0.329. The molecule has 1 fully saturated rings. The van der Waals surface area contributed by atoms with Crippen LogP contribution in [0.3, 0.4) is 0 Å². The van der Waals surface area contributed by atoms with Crippen LogP contribution in [0.25, 0.3) is 0 Å². The third-order valence-electron chi connectivity index (χ3n) is 6.19. The van der Waals surface area contributed by atoms with E-state index in [0.29, 0.717) is 12.0 Å². The molecular weight excluding hydrogens is 365 g/mol. The third-order valence-corrected chi connectivity index (χ3v) is 17.9. The number of hydrogen-bond donors (Lipinski definition) is 0. The van der Waals surface area contributed by atoms with E-state index in [-0.39, 0.29) is 0 Å². The van der Waals surface area contributed by atoms with Gasteiger partial charge >= 0.3 is 159 Å². The topological polar surface area (TPSA) is 9.23 Å². The van der Waals surface area contributed by atoms with Crippen molar-refractivity contribution in [2.75, 3.05) is 6.61 Å². The predicted octanol–water partition coefficient (Wildman–Crippen LogP) is 7.41. The number of benzene rings is 1. The molecule has 0 unspecified atom stereocenters. The molecule has 0 aromatic heterocycles. The van der Waals surface area contributed by atoms with E-state index in [9.17, 15) is 0 Å². The van der Waals surface area contributed by atoms with Gasteiger partial charge in [-0.1, -0.05) is 0 Å². The normalized spacial score (nSPS) is 20.9. The van der Waals surface area contributed by atoms with Crippen LogP contribution in [0.15, 0.2) is 30.3 Å². The van der Waals surface area contributed by atoms with Gasteiger partial charge in [-0.3, -0.25) is 0 Å². The van der Waals surface area contributed by atoms with Crippen molar-refractivity contribution in [3.8, 4) is 0 Å². The Morgan fingerprint density at radius 1 is 0.880 bits per heavy atom. The second kappa shape index (κ2) is 11.4. The van der Waals surface area contributed by atoms with E-state index in [1.165, 1.54) is 55.8 Å². The molecule has 2 atom stereocenters. The minimum absolute atomic E-state index is 0.552. The summed E-state index contributed by atoms with van der Waals surface area (Å²) >= 11 is -1.78. The van der Waals surface area contributed by atoms with E-state index >= 15 is 0 Å². The summed E-state index contributed by atoms with van der Waals surface area (Å²) in [5.74, 6) is 0.634. The van der Waals surface area contributed by atoms with Gasteiger partial charge in [0.05, 0.1) is 0 Å². The molecule has 0 saturated carbocycles. The van der Waals surface area contributed by atoms with Crippen LogP contribution in [0.1, 0.15) is 77.2 Å². The van der Waals surface area contributed by atoms with Gasteiger partial charge in [0.15, 0.2) is 0 Å². The summed E-state index contributed by atoms with van der Waals surface area (Å²) in [6.45, 7) is 8.04. The molecule has 0 spiro atoms. The summed E-state index contributed by atoms with van der Waals surface area (Å²) < 4.78 is 6.36. The summed E-state index contributed by atoms with van der Waals surface area (Å²) in [5.41, 5.74) is 1.48. The molecule has 1 nitrogen and oxygen atoms in total. The zero-order valence-electron chi connectivity index (χ0n) is 16.9.